The molecule has 1 aliphatic rings. The summed E-state index contributed by atoms with van der Waals surface area (Å²) in [4.78, 5) is 14.7. The molecule has 1 aromatic rings. The number of carbonyl (C=O) groups excluding carboxylic acids is 1. The molecule has 0 unspecified atom stereocenters. The molecule has 6 heteroatoms. The van der Waals surface area contributed by atoms with Crippen LogP contribution >= 0.6 is 23.8 Å². The molecule has 2 N–H and O–H groups in total. The zero-order valence-electron chi connectivity index (χ0n) is 12.9. The molecule has 1 atom stereocenters. The Kier molecular flexibility index (Phi) is 5.42. The van der Waals surface area contributed by atoms with Gasteiger partial charge < -0.3 is 15.5 Å². The summed E-state index contributed by atoms with van der Waals surface area (Å²) in [6.07, 6.45) is 0. The van der Waals surface area contributed by atoms with Crippen LogP contribution in [0.15, 0.2) is 35.5 Å². The number of allylic oxidation sites excluding steroid dienone is 1. The molecule has 0 saturated heterocycles. The zero-order valence-corrected chi connectivity index (χ0v) is 14.5. The summed E-state index contributed by atoms with van der Waals surface area (Å²) in [5.74, 6) is 0.0185. The lowest BCUT2D eigenvalue weighted by molar-refractivity contribution is -0.127. The fourth-order valence-corrected chi connectivity index (χ4v) is 2.96. The Hall–Kier alpha value is -1.59. The standard InChI is InChI=1S/C16H20ClN3OS/c1-4-20(5-2)15(21)13-10(3)18-16(22)19-14(13)11-6-8-12(17)9-7-11/h6-9,14H,4-5H2,1-3H3,(H2,18,19,22)/t14-/m1/s1. The van der Waals surface area contributed by atoms with Crippen LogP contribution in [-0.4, -0.2) is 29.0 Å². The molecule has 1 amide bonds. The highest BCUT2D eigenvalue weighted by atomic mass is 35.5. The molecule has 1 heterocycles. The third-order valence-electron chi connectivity index (χ3n) is 3.75. The molecule has 118 valence electrons. The minimum Gasteiger partial charge on any atom is -0.351 e. The van der Waals surface area contributed by atoms with Crippen LogP contribution in [0.3, 0.4) is 0 Å². The minimum atomic E-state index is -0.265. The van der Waals surface area contributed by atoms with Gasteiger partial charge in [-0.05, 0) is 50.7 Å². The van der Waals surface area contributed by atoms with Gasteiger partial charge in [0.2, 0.25) is 0 Å². The molecule has 0 aromatic heterocycles. The molecule has 0 saturated carbocycles. The average molecular weight is 338 g/mol. The predicted octanol–water partition coefficient (Wildman–Crippen LogP) is 3.00. The molecule has 1 aliphatic heterocycles. The second kappa shape index (κ2) is 7.11. The Balaban J connectivity index is 2.45. The van der Waals surface area contributed by atoms with Crippen LogP contribution in [0.4, 0.5) is 0 Å². The smallest absolute Gasteiger partial charge is 0.253 e. The number of rotatable bonds is 4. The van der Waals surface area contributed by atoms with Gasteiger partial charge in [0.1, 0.15) is 0 Å². The summed E-state index contributed by atoms with van der Waals surface area (Å²) in [7, 11) is 0. The van der Waals surface area contributed by atoms with Crippen LogP contribution in [0, 0.1) is 0 Å². The van der Waals surface area contributed by atoms with Crippen LogP contribution < -0.4 is 10.6 Å². The summed E-state index contributed by atoms with van der Waals surface area (Å²) in [5, 5.41) is 7.43. The van der Waals surface area contributed by atoms with Gasteiger partial charge in [0.15, 0.2) is 5.11 Å². The van der Waals surface area contributed by atoms with E-state index in [4.69, 9.17) is 23.8 Å². The highest BCUT2D eigenvalue weighted by molar-refractivity contribution is 7.80. The van der Waals surface area contributed by atoms with Gasteiger partial charge in [0, 0.05) is 23.8 Å². The summed E-state index contributed by atoms with van der Waals surface area (Å²) < 4.78 is 0. The van der Waals surface area contributed by atoms with Crippen molar-refractivity contribution in [2.45, 2.75) is 26.8 Å². The van der Waals surface area contributed by atoms with Gasteiger partial charge in [-0.2, -0.15) is 0 Å². The zero-order chi connectivity index (χ0) is 16.3. The van der Waals surface area contributed by atoms with Crippen LogP contribution in [-0.2, 0) is 4.79 Å². The third-order valence-corrected chi connectivity index (χ3v) is 4.23. The Morgan fingerprint density at radius 3 is 2.41 bits per heavy atom. The maximum Gasteiger partial charge on any atom is 0.253 e. The first-order valence-electron chi connectivity index (χ1n) is 7.30. The molecule has 0 fully saturated rings. The first-order chi connectivity index (χ1) is 10.5. The SMILES string of the molecule is CCN(CC)C(=O)C1=C(C)NC(=S)N[C@@H]1c1ccc(Cl)cc1. The number of nitrogens with zero attached hydrogens (tertiary/aromatic N) is 1. The number of benzene rings is 1. The first kappa shape index (κ1) is 16.8. The van der Waals surface area contributed by atoms with Crippen molar-refractivity contribution in [2.24, 2.45) is 0 Å². The van der Waals surface area contributed by atoms with E-state index in [1.54, 1.807) is 4.90 Å². The number of nitrogens with one attached hydrogen (secondary N) is 2. The van der Waals surface area contributed by atoms with Crippen LogP contribution in [0.2, 0.25) is 5.02 Å². The maximum atomic E-state index is 12.8. The number of hydrogen-bond donors (Lipinski definition) is 2. The normalized spacial score (nSPS) is 17.8. The number of carbonyl (C=O) groups is 1. The molecule has 4 nitrogen and oxygen atoms in total. The Morgan fingerprint density at radius 2 is 1.86 bits per heavy atom. The van der Waals surface area contributed by atoms with Crippen molar-refractivity contribution in [3.05, 3.63) is 46.1 Å². The third kappa shape index (κ3) is 3.42. The van der Waals surface area contributed by atoms with Crippen LogP contribution in [0.25, 0.3) is 0 Å². The van der Waals surface area contributed by atoms with Gasteiger partial charge in [-0.1, -0.05) is 23.7 Å². The number of thiocarbonyl (C=S) groups is 1. The molecular formula is C16H20ClN3OS. The van der Waals surface area contributed by atoms with Gasteiger partial charge in [0.05, 0.1) is 11.6 Å². The van der Waals surface area contributed by atoms with Crippen molar-refractivity contribution in [3.8, 4) is 0 Å². The van der Waals surface area contributed by atoms with E-state index in [0.717, 1.165) is 11.3 Å². The summed E-state index contributed by atoms with van der Waals surface area (Å²) in [5.41, 5.74) is 2.45. The topological polar surface area (TPSA) is 44.4 Å². The Bertz CT molecular complexity index is 608. The van der Waals surface area contributed by atoms with Gasteiger partial charge in [-0.3, -0.25) is 4.79 Å². The van der Waals surface area contributed by atoms with Gasteiger partial charge in [-0.25, -0.2) is 0 Å². The number of likely N-dealkylation sites (N-methyl/N-ethyl adjacent to an activating group) is 1. The van der Waals surface area contributed by atoms with Gasteiger partial charge in [-0.15, -0.1) is 0 Å². The summed E-state index contributed by atoms with van der Waals surface area (Å²) in [6, 6.07) is 7.20. The molecule has 0 spiro atoms. The monoisotopic (exact) mass is 337 g/mol. The van der Waals surface area contributed by atoms with Crippen molar-refractivity contribution in [3.63, 3.8) is 0 Å². The molecule has 0 aliphatic carbocycles. The minimum absolute atomic E-state index is 0.0185. The highest BCUT2D eigenvalue weighted by Gasteiger charge is 2.31. The van der Waals surface area contributed by atoms with Crippen molar-refractivity contribution < 1.29 is 4.79 Å². The van der Waals surface area contributed by atoms with E-state index in [1.165, 1.54) is 0 Å². The van der Waals surface area contributed by atoms with Crippen molar-refractivity contribution in [2.75, 3.05) is 13.1 Å². The Labute approximate surface area is 141 Å². The molecule has 0 bridgehead atoms. The lowest BCUT2D eigenvalue weighted by Gasteiger charge is -2.33. The van der Waals surface area contributed by atoms with E-state index in [9.17, 15) is 4.79 Å². The average Bonchev–Trinajstić information content (AvgIpc) is 2.48. The molecule has 22 heavy (non-hydrogen) atoms. The van der Waals surface area contributed by atoms with Crippen molar-refractivity contribution in [1.82, 2.24) is 15.5 Å². The van der Waals surface area contributed by atoms with Gasteiger partial charge >= 0.3 is 0 Å². The number of amides is 1. The molecular weight excluding hydrogens is 318 g/mol. The maximum absolute atomic E-state index is 12.8. The number of hydrogen-bond acceptors (Lipinski definition) is 2. The second-order valence-corrected chi connectivity index (χ2v) is 5.94. The van der Waals surface area contributed by atoms with E-state index in [0.29, 0.717) is 28.8 Å². The van der Waals surface area contributed by atoms with E-state index < -0.39 is 0 Å². The molecule has 1 aromatic carbocycles. The van der Waals surface area contributed by atoms with Crippen molar-refractivity contribution in [1.29, 1.82) is 0 Å². The highest BCUT2D eigenvalue weighted by Crippen LogP contribution is 2.28. The molecule has 0 radical (unpaired) electrons. The first-order valence-corrected chi connectivity index (χ1v) is 8.09. The van der Waals surface area contributed by atoms with Crippen molar-refractivity contribution >= 4 is 34.8 Å². The van der Waals surface area contributed by atoms with E-state index in [2.05, 4.69) is 10.6 Å². The number of halogens is 1. The van der Waals surface area contributed by atoms with E-state index in [1.807, 2.05) is 45.0 Å². The lowest BCUT2D eigenvalue weighted by Crippen LogP contribution is -2.47. The van der Waals surface area contributed by atoms with Crippen LogP contribution in [0.5, 0.6) is 0 Å². The quantitative estimate of drug-likeness (QED) is 0.829. The predicted molar refractivity (Wildman–Crippen MR) is 93.7 cm³/mol. The lowest BCUT2D eigenvalue weighted by atomic mass is 9.94. The summed E-state index contributed by atoms with van der Waals surface area (Å²) in [6.45, 7) is 7.17. The molecule has 2 rings (SSSR count). The largest absolute Gasteiger partial charge is 0.351 e. The van der Waals surface area contributed by atoms with Crippen LogP contribution in [0.1, 0.15) is 32.4 Å². The fraction of sp³-hybridized carbons (Fsp3) is 0.375. The van der Waals surface area contributed by atoms with E-state index >= 15 is 0 Å². The van der Waals surface area contributed by atoms with Gasteiger partial charge in [0.25, 0.3) is 5.91 Å². The summed E-state index contributed by atoms with van der Waals surface area (Å²) >= 11 is 11.2. The fourth-order valence-electron chi connectivity index (χ4n) is 2.56. The second-order valence-electron chi connectivity index (χ2n) is 5.10. The Morgan fingerprint density at radius 1 is 1.27 bits per heavy atom. The van der Waals surface area contributed by atoms with E-state index in [-0.39, 0.29) is 11.9 Å².